The molecule has 1 amide bonds. The molecule has 0 spiro atoms. The van der Waals surface area contributed by atoms with Crippen molar-refractivity contribution in [3.63, 3.8) is 0 Å². The van der Waals surface area contributed by atoms with E-state index in [1.54, 1.807) is 25.4 Å². The summed E-state index contributed by atoms with van der Waals surface area (Å²) in [4.78, 5) is 46.6. The van der Waals surface area contributed by atoms with Crippen LogP contribution >= 0.6 is 0 Å². The third kappa shape index (κ3) is 7.81. The molecule has 0 saturated carbocycles. The van der Waals surface area contributed by atoms with Gasteiger partial charge in [-0.05, 0) is 92.1 Å². The van der Waals surface area contributed by atoms with Crippen LogP contribution in [0, 0.1) is 31.4 Å². The van der Waals surface area contributed by atoms with E-state index in [4.69, 9.17) is 4.74 Å². The molecule has 1 unspecified atom stereocenters. The van der Waals surface area contributed by atoms with Gasteiger partial charge in [0.1, 0.15) is 23.7 Å². The summed E-state index contributed by atoms with van der Waals surface area (Å²) in [6.07, 6.45) is 4.41. The van der Waals surface area contributed by atoms with E-state index in [0.717, 1.165) is 10.1 Å². The second-order valence-electron chi connectivity index (χ2n) is 13.0. The number of amides is 1. The van der Waals surface area contributed by atoms with Crippen LogP contribution in [0.4, 0.5) is 13.2 Å². The molecule has 4 aromatic rings. The Bertz CT molecular complexity index is 1840. The number of aryl methyl sites for hydroxylation is 2. The van der Waals surface area contributed by atoms with E-state index in [1.807, 2.05) is 43.1 Å². The average Bonchev–Trinajstić information content (AvgIpc) is 3.47. The van der Waals surface area contributed by atoms with Gasteiger partial charge in [0.25, 0.3) is 5.56 Å². The third-order valence-electron chi connectivity index (χ3n) is 8.69. The Hall–Kier alpha value is -4.45. The molecule has 1 aliphatic rings. The number of ether oxygens (including phenoxy) is 1. The van der Waals surface area contributed by atoms with Crippen molar-refractivity contribution in [1.29, 1.82) is 0 Å². The van der Waals surface area contributed by atoms with Crippen LogP contribution in [0.1, 0.15) is 68.0 Å². The number of hydrogen-bond donors (Lipinski definition) is 1. The zero-order valence-electron chi connectivity index (χ0n) is 27.9. The lowest BCUT2D eigenvalue weighted by Gasteiger charge is -2.34. The lowest BCUT2D eigenvalue weighted by molar-refractivity contribution is -0.144. The Labute approximate surface area is 277 Å². The molecular weight excluding hydrogens is 623 g/mol. The fourth-order valence-corrected chi connectivity index (χ4v) is 6.42. The molecule has 0 bridgehead atoms. The molecule has 12 heteroatoms. The second-order valence-corrected chi connectivity index (χ2v) is 13.0. The van der Waals surface area contributed by atoms with Gasteiger partial charge < -0.3 is 14.6 Å². The van der Waals surface area contributed by atoms with Crippen molar-refractivity contribution in [3.8, 4) is 11.3 Å². The van der Waals surface area contributed by atoms with Crippen LogP contribution in [0.2, 0.25) is 0 Å². The van der Waals surface area contributed by atoms with E-state index < -0.39 is 41.5 Å². The number of likely N-dealkylation sites (tertiary alicyclic amines) is 1. The van der Waals surface area contributed by atoms with E-state index in [-0.39, 0.29) is 31.2 Å². The zero-order valence-corrected chi connectivity index (χ0v) is 27.9. The van der Waals surface area contributed by atoms with Crippen LogP contribution in [-0.4, -0.2) is 63.1 Å². The summed E-state index contributed by atoms with van der Waals surface area (Å²) in [6, 6.07) is 5.64. The highest BCUT2D eigenvalue weighted by Crippen LogP contribution is 2.32. The number of esters is 1. The number of carbonyl (C=O) groups is 2. The maximum absolute atomic E-state index is 15.0. The van der Waals surface area contributed by atoms with Crippen molar-refractivity contribution in [2.75, 3.05) is 26.2 Å². The fraction of sp³-hybridized carbons (Fsp3) is 0.444. The molecule has 4 heterocycles. The maximum Gasteiger partial charge on any atom is 0.308 e. The first-order valence-electron chi connectivity index (χ1n) is 16.3. The number of aromatic nitrogens is 3. The van der Waals surface area contributed by atoms with Gasteiger partial charge in [0, 0.05) is 43.8 Å². The second kappa shape index (κ2) is 14.8. The van der Waals surface area contributed by atoms with E-state index in [0.29, 0.717) is 59.7 Å². The molecule has 0 aliphatic carbocycles. The highest BCUT2D eigenvalue weighted by molar-refractivity contribution is 5.82. The first-order chi connectivity index (χ1) is 22.8. The Balaban J connectivity index is 1.54. The van der Waals surface area contributed by atoms with Crippen molar-refractivity contribution >= 4 is 17.5 Å². The van der Waals surface area contributed by atoms with Gasteiger partial charge in [-0.15, -0.1) is 0 Å². The Kier molecular flexibility index (Phi) is 10.7. The standard InChI is InChI=1S/C36H42F3N5O4/c1-6-48-33(45)17-29(25-15-30(43-10-8-40-32(43)16-25)34-22(4)12-26(37)13-23(34)5)41-35(46)31(11-21(2)3)44-18-24(14-28(39)36(44)47)7-9-42-19-27(38)20-42/h8,10,12-16,18,21,27,29,31H,6-7,9,11,17,19-20H2,1-5H3,(H,41,46)/t29?,31-/m0/s1. The highest BCUT2D eigenvalue weighted by Gasteiger charge is 2.30. The smallest absolute Gasteiger partial charge is 0.308 e. The molecule has 5 rings (SSSR count). The predicted molar refractivity (Wildman–Crippen MR) is 176 cm³/mol. The minimum Gasteiger partial charge on any atom is -0.466 e. The maximum atomic E-state index is 15.0. The predicted octanol–water partition coefficient (Wildman–Crippen LogP) is 5.65. The van der Waals surface area contributed by atoms with Crippen LogP contribution in [0.3, 0.4) is 0 Å². The van der Waals surface area contributed by atoms with Gasteiger partial charge in [-0.1, -0.05) is 13.8 Å². The number of benzene rings is 1. The minimum absolute atomic E-state index is 0.0530. The van der Waals surface area contributed by atoms with Crippen LogP contribution in [0.15, 0.2) is 53.7 Å². The van der Waals surface area contributed by atoms with Gasteiger partial charge in [0.05, 0.1) is 24.8 Å². The lowest BCUT2D eigenvalue weighted by atomic mass is 9.95. The number of pyridine rings is 2. The van der Waals surface area contributed by atoms with Crippen molar-refractivity contribution in [1.82, 2.24) is 24.2 Å². The number of halogens is 3. The van der Waals surface area contributed by atoms with Crippen LogP contribution in [0.5, 0.6) is 0 Å². The van der Waals surface area contributed by atoms with Gasteiger partial charge in [0.15, 0.2) is 5.82 Å². The monoisotopic (exact) mass is 665 g/mol. The summed E-state index contributed by atoms with van der Waals surface area (Å²) in [7, 11) is 0. The summed E-state index contributed by atoms with van der Waals surface area (Å²) in [5.74, 6) is -2.51. The number of imidazole rings is 1. The first-order valence-corrected chi connectivity index (χ1v) is 16.3. The quantitative estimate of drug-likeness (QED) is 0.186. The van der Waals surface area contributed by atoms with Crippen molar-refractivity contribution in [3.05, 3.63) is 93.2 Å². The van der Waals surface area contributed by atoms with E-state index in [1.165, 1.54) is 24.4 Å². The summed E-state index contributed by atoms with van der Waals surface area (Å²) >= 11 is 0. The molecule has 256 valence electrons. The number of carbonyl (C=O) groups excluding carboxylic acids is 2. The van der Waals surface area contributed by atoms with Crippen molar-refractivity contribution in [2.24, 2.45) is 5.92 Å². The molecule has 3 aromatic heterocycles. The normalized spacial score (nSPS) is 15.0. The highest BCUT2D eigenvalue weighted by atomic mass is 19.1. The van der Waals surface area contributed by atoms with Gasteiger partial charge >= 0.3 is 5.97 Å². The summed E-state index contributed by atoms with van der Waals surface area (Å²) in [6.45, 7) is 10.3. The Morgan fingerprint density at radius 2 is 1.79 bits per heavy atom. The number of hydrogen-bond acceptors (Lipinski definition) is 6. The average molecular weight is 666 g/mol. The minimum atomic E-state index is -1.09. The first kappa shape index (κ1) is 34.9. The number of nitrogens with zero attached hydrogens (tertiary/aromatic N) is 4. The molecule has 1 saturated heterocycles. The Morgan fingerprint density at radius 1 is 1.08 bits per heavy atom. The van der Waals surface area contributed by atoms with E-state index in [9.17, 15) is 23.2 Å². The van der Waals surface area contributed by atoms with E-state index in [2.05, 4.69) is 10.3 Å². The van der Waals surface area contributed by atoms with Gasteiger partial charge in [-0.3, -0.25) is 23.7 Å². The Morgan fingerprint density at radius 3 is 2.44 bits per heavy atom. The van der Waals surface area contributed by atoms with Crippen LogP contribution in [0.25, 0.3) is 16.9 Å². The largest absolute Gasteiger partial charge is 0.466 e. The van der Waals surface area contributed by atoms with Gasteiger partial charge in [-0.2, -0.15) is 0 Å². The molecule has 1 fully saturated rings. The molecule has 2 atom stereocenters. The molecule has 1 aromatic carbocycles. The number of fused-ring (bicyclic) bond motifs is 1. The summed E-state index contributed by atoms with van der Waals surface area (Å²) in [5, 5.41) is 2.97. The number of alkyl halides is 1. The van der Waals surface area contributed by atoms with Crippen LogP contribution < -0.4 is 10.9 Å². The summed E-state index contributed by atoms with van der Waals surface area (Å²) in [5.41, 5.74) is 3.52. The fourth-order valence-electron chi connectivity index (χ4n) is 6.42. The lowest BCUT2D eigenvalue weighted by Crippen LogP contribution is -2.49. The topological polar surface area (TPSA) is 97.9 Å². The third-order valence-corrected chi connectivity index (χ3v) is 8.69. The van der Waals surface area contributed by atoms with Crippen molar-refractivity contribution in [2.45, 2.75) is 72.1 Å². The molecule has 0 radical (unpaired) electrons. The van der Waals surface area contributed by atoms with Gasteiger partial charge in [-0.25, -0.2) is 18.2 Å². The molecular formula is C36H42F3N5O4. The number of rotatable bonds is 13. The van der Waals surface area contributed by atoms with E-state index >= 15 is 4.39 Å². The molecule has 1 aliphatic heterocycles. The van der Waals surface area contributed by atoms with Gasteiger partial charge in [0.2, 0.25) is 5.91 Å². The number of nitrogens with one attached hydrogen (secondary N) is 1. The van der Waals surface area contributed by atoms with Crippen molar-refractivity contribution < 1.29 is 27.5 Å². The van der Waals surface area contributed by atoms with Crippen LogP contribution in [-0.2, 0) is 20.7 Å². The molecule has 48 heavy (non-hydrogen) atoms. The summed E-state index contributed by atoms with van der Waals surface area (Å²) < 4.78 is 50.9. The molecule has 9 nitrogen and oxygen atoms in total. The molecule has 1 N–H and O–H groups in total. The SMILES string of the molecule is CCOC(=O)CC(NC(=O)[C@H](CC(C)C)n1cc(CCN2CC(F)C2)cc(F)c1=O)c1cc(-c2c(C)cc(F)cc2C)n2ccnc2c1. The zero-order chi connectivity index (χ0) is 34.7.